The largest absolute Gasteiger partial charge is 0.360 e. The highest BCUT2D eigenvalue weighted by atomic mass is 19.1. The Kier molecular flexibility index (Phi) is 3.85. The van der Waals surface area contributed by atoms with E-state index in [1.807, 2.05) is 0 Å². The predicted octanol–water partition coefficient (Wildman–Crippen LogP) is 1.18. The van der Waals surface area contributed by atoms with Crippen LogP contribution in [0.15, 0.2) is 24.4 Å². The molecule has 3 rings (SSSR count). The molecule has 120 valence electrons. The number of piperazine rings is 1. The molecule has 1 saturated heterocycles. The number of nitrogens with zero attached hydrogens (tertiary/aromatic N) is 2. The Hall–Kier alpha value is -2.70. The summed E-state index contributed by atoms with van der Waals surface area (Å²) in [6.07, 6.45) is 1.43. The molecule has 0 bridgehead atoms. The number of hydrogen-bond donors (Lipinski definition) is 1. The summed E-state index contributed by atoms with van der Waals surface area (Å²) in [4.78, 5) is 42.0. The van der Waals surface area contributed by atoms with Gasteiger partial charge in [0.2, 0.25) is 5.91 Å². The number of carbonyl (C=O) groups excluding carboxylic acids is 3. The zero-order chi connectivity index (χ0) is 16.6. The van der Waals surface area contributed by atoms with E-state index in [9.17, 15) is 18.8 Å². The van der Waals surface area contributed by atoms with Gasteiger partial charge in [-0.3, -0.25) is 14.4 Å². The van der Waals surface area contributed by atoms with Crippen LogP contribution in [0.25, 0.3) is 10.9 Å². The number of aromatic nitrogens is 1. The fourth-order valence-electron chi connectivity index (χ4n) is 2.77. The number of ketones is 1. The van der Waals surface area contributed by atoms with Gasteiger partial charge in [-0.05, 0) is 18.2 Å². The van der Waals surface area contributed by atoms with Crippen molar-refractivity contribution in [1.82, 2.24) is 14.8 Å². The Labute approximate surface area is 131 Å². The second-order valence-corrected chi connectivity index (χ2v) is 5.52. The number of carbonyl (C=O) groups is 3. The van der Waals surface area contributed by atoms with Crippen molar-refractivity contribution in [3.8, 4) is 0 Å². The topological polar surface area (TPSA) is 73.5 Å². The van der Waals surface area contributed by atoms with Gasteiger partial charge < -0.3 is 14.8 Å². The zero-order valence-electron chi connectivity index (χ0n) is 12.6. The number of Topliss-reactive ketones (excluding diaryl/α,β-unsaturated/α-hetero) is 1. The van der Waals surface area contributed by atoms with Crippen LogP contribution >= 0.6 is 0 Å². The number of rotatable bonds is 2. The first-order valence-electron chi connectivity index (χ1n) is 7.33. The van der Waals surface area contributed by atoms with Gasteiger partial charge in [-0.1, -0.05) is 0 Å². The lowest BCUT2D eigenvalue weighted by Crippen LogP contribution is -2.51. The van der Waals surface area contributed by atoms with E-state index < -0.39 is 17.5 Å². The summed E-state index contributed by atoms with van der Waals surface area (Å²) in [5.74, 6) is -1.68. The average Bonchev–Trinajstić information content (AvgIpc) is 2.96. The summed E-state index contributed by atoms with van der Waals surface area (Å²) >= 11 is 0. The lowest BCUT2D eigenvalue weighted by molar-refractivity contribution is -0.135. The number of aromatic amines is 1. The lowest BCUT2D eigenvalue weighted by atomic mass is 10.1. The van der Waals surface area contributed by atoms with E-state index in [1.165, 1.54) is 36.2 Å². The second kappa shape index (κ2) is 5.83. The van der Waals surface area contributed by atoms with E-state index in [2.05, 4.69) is 4.98 Å². The summed E-state index contributed by atoms with van der Waals surface area (Å²) < 4.78 is 13.2. The van der Waals surface area contributed by atoms with E-state index in [1.54, 1.807) is 4.90 Å². The molecule has 1 aromatic heterocycles. The number of nitrogens with one attached hydrogen (secondary N) is 1. The second-order valence-electron chi connectivity index (χ2n) is 5.52. The van der Waals surface area contributed by atoms with E-state index in [0.717, 1.165) is 0 Å². The first-order valence-corrected chi connectivity index (χ1v) is 7.33. The molecule has 2 amide bonds. The molecule has 0 atom stereocenters. The van der Waals surface area contributed by atoms with Crippen molar-refractivity contribution in [1.29, 1.82) is 0 Å². The SMILES string of the molecule is CC(=O)N1CCN(C(=O)C(=O)c2c[nH]c3cc(F)ccc23)CC1. The highest BCUT2D eigenvalue weighted by Gasteiger charge is 2.28. The molecule has 0 spiro atoms. The molecule has 1 aromatic carbocycles. The molecule has 1 aliphatic rings. The highest BCUT2D eigenvalue weighted by molar-refractivity contribution is 6.44. The van der Waals surface area contributed by atoms with Gasteiger partial charge in [0.15, 0.2) is 0 Å². The van der Waals surface area contributed by atoms with E-state index >= 15 is 0 Å². The highest BCUT2D eigenvalue weighted by Crippen LogP contribution is 2.20. The maximum atomic E-state index is 13.2. The number of benzene rings is 1. The minimum Gasteiger partial charge on any atom is -0.360 e. The molecular formula is C16H16FN3O3. The molecule has 1 N–H and O–H groups in total. The van der Waals surface area contributed by atoms with Crippen LogP contribution in [0.2, 0.25) is 0 Å². The fourth-order valence-corrected chi connectivity index (χ4v) is 2.77. The first-order chi connectivity index (χ1) is 11.0. The Balaban J connectivity index is 1.77. The van der Waals surface area contributed by atoms with Gasteiger partial charge in [0.1, 0.15) is 5.82 Å². The summed E-state index contributed by atoms with van der Waals surface area (Å²) in [7, 11) is 0. The molecule has 1 aliphatic heterocycles. The molecule has 0 saturated carbocycles. The standard InChI is InChI=1S/C16H16FN3O3/c1-10(21)19-4-6-20(7-5-19)16(23)15(22)13-9-18-14-8-11(17)2-3-12(13)14/h2-3,8-9,18H,4-7H2,1H3. The van der Waals surface area contributed by atoms with Crippen molar-refractivity contribution >= 4 is 28.5 Å². The van der Waals surface area contributed by atoms with Gasteiger partial charge in [0, 0.05) is 50.2 Å². The van der Waals surface area contributed by atoms with Crippen molar-refractivity contribution < 1.29 is 18.8 Å². The smallest absolute Gasteiger partial charge is 0.295 e. The van der Waals surface area contributed by atoms with Crippen molar-refractivity contribution in [2.75, 3.05) is 26.2 Å². The van der Waals surface area contributed by atoms with Crippen molar-refractivity contribution in [3.63, 3.8) is 0 Å². The summed E-state index contributed by atoms with van der Waals surface area (Å²) in [6.45, 7) is 3.00. The molecule has 23 heavy (non-hydrogen) atoms. The van der Waals surface area contributed by atoms with Crippen LogP contribution in [0.5, 0.6) is 0 Å². The van der Waals surface area contributed by atoms with E-state index in [0.29, 0.717) is 37.1 Å². The summed E-state index contributed by atoms with van der Waals surface area (Å²) in [5, 5.41) is 0.520. The number of H-pyrrole nitrogens is 1. The maximum absolute atomic E-state index is 13.2. The third kappa shape index (κ3) is 2.81. The van der Waals surface area contributed by atoms with Crippen LogP contribution in [-0.2, 0) is 9.59 Å². The van der Waals surface area contributed by atoms with Gasteiger partial charge in [-0.2, -0.15) is 0 Å². The van der Waals surface area contributed by atoms with Crippen molar-refractivity contribution in [2.24, 2.45) is 0 Å². The normalized spacial score (nSPS) is 15.0. The summed E-state index contributed by atoms with van der Waals surface area (Å²) in [5.41, 5.74) is 0.710. The van der Waals surface area contributed by atoms with E-state index in [4.69, 9.17) is 0 Å². The van der Waals surface area contributed by atoms with Crippen molar-refractivity contribution in [3.05, 3.63) is 35.8 Å². The quantitative estimate of drug-likeness (QED) is 0.668. The van der Waals surface area contributed by atoms with Gasteiger partial charge >= 0.3 is 0 Å². The van der Waals surface area contributed by atoms with Crippen LogP contribution in [-0.4, -0.2) is 58.6 Å². The number of amides is 2. The third-order valence-electron chi connectivity index (χ3n) is 4.09. The molecule has 0 aliphatic carbocycles. The average molecular weight is 317 g/mol. The Morgan fingerprint density at radius 3 is 2.39 bits per heavy atom. The summed E-state index contributed by atoms with van der Waals surface area (Å²) in [6, 6.07) is 4.01. The van der Waals surface area contributed by atoms with Gasteiger partial charge in [0.25, 0.3) is 11.7 Å². The number of fused-ring (bicyclic) bond motifs is 1. The molecular weight excluding hydrogens is 301 g/mol. The van der Waals surface area contributed by atoms with Crippen LogP contribution in [0, 0.1) is 5.82 Å². The predicted molar refractivity (Wildman–Crippen MR) is 81.4 cm³/mol. The van der Waals surface area contributed by atoms with Gasteiger partial charge in [-0.25, -0.2) is 4.39 Å². The van der Waals surface area contributed by atoms with Crippen LogP contribution in [0.3, 0.4) is 0 Å². The third-order valence-corrected chi connectivity index (χ3v) is 4.09. The number of halogens is 1. The Bertz CT molecular complexity index is 791. The Morgan fingerprint density at radius 1 is 1.09 bits per heavy atom. The Morgan fingerprint density at radius 2 is 1.74 bits per heavy atom. The molecule has 2 heterocycles. The number of hydrogen-bond acceptors (Lipinski definition) is 3. The zero-order valence-corrected chi connectivity index (χ0v) is 12.6. The minimum absolute atomic E-state index is 0.0397. The van der Waals surface area contributed by atoms with E-state index in [-0.39, 0.29) is 11.5 Å². The first kappa shape index (κ1) is 15.2. The van der Waals surface area contributed by atoms with Crippen LogP contribution in [0.1, 0.15) is 17.3 Å². The minimum atomic E-state index is -0.626. The van der Waals surface area contributed by atoms with Gasteiger partial charge in [-0.15, -0.1) is 0 Å². The van der Waals surface area contributed by atoms with Crippen molar-refractivity contribution in [2.45, 2.75) is 6.92 Å². The molecule has 2 aromatic rings. The fraction of sp³-hybridized carbons (Fsp3) is 0.312. The molecule has 7 heteroatoms. The van der Waals surface area contributed by atoms with Crippen LogP contribution in [0.4, 0.5) is 4.39 Å². The lowest BCUT2D eigenvalue weighted by Gasteiger charge is -2.33. The molecule has 0 radical (unpaired) electrons. The van der Waals surface area contributed by atoms with Crippen LogP contribution < -0.4 is 0 Å². The molecule has 6 nitrogen and oxygen atoms in total. The molecule has 1 fully saturated rings. The maximum Gasteiger partial charge on any atom is 0.295 e. The van der Waals surface area contributed by atoms with Gasteiger partial charge in [0.05, 0.1) is 5.56 Å². The monoisotopic (exact) mass is 317 g/mol. The molecule has 0 unspecified atom stereocenters.